The molecule has 8 heteroatoms. The summed E-state index contributed by atoms with van der Waals surface area (Å²) in [5.74, 6) is 0. The third kappa shape index (κ3) is 3.66. The number of hydrogen-bond acceptors (Lipinski definition) is 3. The Morgan fingerprint density at radius 3 is 2.64 bits per heavy atom. The van der Waals surface area contributed by atoms with Crippen LogP contribution in [0.15, 0.2) is 58.7 Å². The van der Waals surface area contributed by atoms with Gasteiger partial charge in [0.05, 0.1) is 21.2 Å². The summed E-state index contributed by atoms with van der Waals surface area (Å²) in [6.07, 6.45) is 3.42. The number of aromatic nitrogens is 1. The van der Waals surface area contributed by atoms with E-state index >= 15 is 0 Å². The van der Waals surface area contributed by atoms with Crippen molar-refractivity contribution in [2.75, 3.05) is 0 Å². The molecule has 0 fully saturated rings. The molecule has 0 unspecified atom stereocenters. The van der Waals surface area contributed by atoms with E-state index in [1.807, 2.05) is 37.4 Å². The summed E-state index contributed by atoms with van der Waals surface area (Å²) in [5, 5.41) is 5.34. The topological polar surface area (TPSA) is 63.5 Å². The van der Waals surface area contributed by atoms with E-state index in [9.17, 15) is 8.42 Å². The van der Waals surface area contributed by atoms with Gasteiger partial charge in [0.15, 0.2) is 0 Å². The third-order valence-electron chi connectivity index (χ3n) is 3.74. The molecular formula is C17H15Cl2N3O2S. The van der Waals surface area contributed by atoms with Gasteiger partial charge in [-0.2, -0.15) is 13.5 Å². The molecule has 3 aromatic rings. The predicted molar refractivity (Wildman–Crippen MR) is 102 cm³/mol. The third-order valence-corrected chi connectivity index (χ3v) is 5.70. The fraction of sp³-hybridized carbons (Fsp3) is 0.118. The van der Waals surface area contributed by atoms with E-state index in [1.54, 1.807) is 0 Å². The minimum absolute atomic E-state index is 0.00460. The molecule has 3 rings (SSSR count). The summed E-state index contributed by atoms with van der Waals surface area (Å²) < 4.78 is 26.6. The van der Waals surface area contributed by atoms with Crippen LogP contribution < -0.4 is 4.83 Å². The second kappa shape index (κ2) is 7.07. The van der Waals surface area contributed by atoms with E-state index in [0.717, 1.165) is 23.0 Å². The normalized spacial score (nSPS) is 12.1. The van der Waals surface area contributed by atoms with Crippen molar-refractivity contribution >= 4 is 50.3 Å². The summed E-state index contributed by atoms with van der Waals surface area (Å²) in [4.78, 5) is 2.19. The highest BCUT2D eigenvalue weighted by Gasteiger charge is 2.14. The number of halogens is 2. The lowest BCUT2D eigenvalue weighted by Gasteiger charge is -2.04. The Bertz CT molecular complexity index is 1060. The van der Waals surface area contributed by atoms with Gasteiger partial charge in [-0.3, -0.25) is 0 Å². The van der Waals surface area contributed by atoms with Crippen LogP contribution in [0.25, 0.3) is 10.9 Å². The van der Waals surface area contributed by atoms with Gasteiger partial charge < -0.3 is 4.57 Å². The summed E-state index contributed by atoms with van der Waals surface area (Å²) in [5.41, 5.74) is 1.90. The molecule has 1 heterocycles. The minimum Gasteiger partial charge on any atom is -0.347 e. The molecule has 0 atom stereocenters. The average Bonchev–Trinajstić information content (AvgIpc) is 2.95. The largest absolute Gasteiger partial charge is 0.347 e. The first kappa shape index (κ1) is 17.8. The number of rotatable bonds is 5. The Kier molecular flexibility index (Phi) is 5.03. The zero-order chi connectivity index (χ0) is 18.0. The van der Waals surface area contributed by atoms with Gasteiger partial charge >= 0.3 is 0 Å². The highest BCUT2D eigenvalue weighted by molar-refractivity contribution is 7.89. The lowest BCUT2D eigenvalue weighted by atomic mass is 10.2. The molecular weight excluding hydrogens is 381 g/mol. The van der Waals surface area contributed by atoms with Crippen molar-refractivity contribution in [2.45, 2.75) is 18.4 Å². The highest BCUT2D eigenvalue weighted by Crippen LogP contribution is 2.24. The predicted octanol–water partition coefficient (Wildman–Crippen LogP) is 4.28. The van der Waals surface area contributed by atoms with E-state index in [0.29, 0.717) is 0 Å². The van der Waals surface area contributed by atoms with E-state index in [-0.39, 0.29) is 14.9 Å². The Labute approximate surface area is 155 Å². The molecule has 0 aliphatic heterocycles. The van der Waals surface area contributed by atoms with Gasteiger partial charge in [0.1, 0.15) is 0 Å². The molecule has 0 saturated heterocycles. The van der Waals surface area contributed by atoms with E-state index < -0.39 is 10.0 Å². The van der Waals surface area contributed by atoms with Gasteiger partial charge in [0.25, 0.3) is 10.0 Å². The van der Waals surface area contributed by atoms with Gasteiger partial charge in [-0.15, -0.1) is 0 Å². The van der Waals surface area contributed by atoms with Crippen molar-refractivity contribution in [2.24, 2.45) is 5.10 Å². The molecule has 0 bridgehead atoms. The summed E-state index contributed by atoms with van der Waals surface area (Å²) in [6, 6.07) is 11.9. The summed E-state index contributed by atoms with van der Waals surface area (Å²) >= 11 is 11.7. The Morgan fingerprint density at radius 2 is 1.92 bits per heavy atom. The maximum Gasteiger partial charge on any atom is 0.276 e. The molecule has 25 heavy (non-hydrogen) atoms. The van der Waals surface area contributed by atoms with E-state index in [4.69, 9.17) is 23.2 Å². The number of fused-ring (bicyclic) bond motifs is 1. The maximum atomic E-state index is 12.3. The smallest absolute Gasteiger partial charge is 0.276 e. The fourth-order valence-corrected chi connectivity index (χ4v) is 3.68. The van der Waals surface area contributed by atoms with Gasteiger partial charge in [-0.1, -0.05) is 41.4 Å². The first-order valence-electron chi connectivity index (χ1n) is 7.50. The number of benzene rings is 2. The van der Waals surface area contributed by atoms with E-state index in [2.05, 4.69) is 14.5 Å². The molecule has 1 N–H and O–H groups in total. The van der Waals surface area contributed by atoms with Crippen LogP contribution in [-0.4, -0.2) is 19.2 Å². The standard InChI is InChI=1S/C17H15Cl2N3O2S/c1-2-22-11-12(14-5-3-4-6-17(14)22)10-20-21-25(23,24)13-7-8-15(18)16(19)9-13/h3-11,21H,2H2,1H3/b20-10+. The average molecular weight is 396 g/mol. The Morgan fingerprint density at radius 1 is 1.16 bits per heavy atom. The van der Waals surface area contributed by atoms with Crippen LogP contribution in [0, 0.1) is 0 Å². The number of sulfonamides is 1. The monoisotopic (exact) mass is 395 g/mol. The van der Waals surface area contributed by atoms with E-state index in [1.165, 1.54) is 24.4 Å². The molecule has 0 amide bonds. The van der Waals surface area contributed by atoms with Gasteiger partial charge in [-0.05, 0) is 31.2 Å². The SMILES string of the molecule is CCn1cc(/C=N/NS(=O)(=O)c2ccc(Cl)c(Cl)c2)c2ccccc21. The van der Waals surface area contributed by atoms with Crippen LogP contribution in [0.4, 0.5) is 0 Å². The molecule has 130 valence electrons. The second-order valence-corrected chi connectivity index (χ2v) is 7.79. The lowest BCUT2D eigenvalue weighted by Crippen LogP contribution is -2.18. The number of nitrogens with zero attached hydrogens (tertiary/aromatic N) is 2. The van der Waals surface area contributed by atoms with Crippen molar-refractivity contribution in [3.63, 3.8) is 0 Å². The lowest BCUT2D eigenvalue weighted by molar-refractivity contribution is 0.584. The van der Waals surface area contributed by atoms with Crippen LogP contribution in [0.1, 0.15) is 12.5 Å². The first-order valence-corrected chi connectivity index (χ1v) is 9.74. The fourth-order valence-electron chi connectivity index (χ4n) is 2.50. The molecule has 5 nitrogen and oxygen atoms in total. The number of aryl methyl sites for hydroxylation is 1. The van der Waals surface area contributed by atoms with Gasteiger partial charge in [0.2, 0.25) is 0 Å². The van der Waals surface area contributed by atoms with Crippen LogP contribution >= 0.6 is 23.2 Å². The Balaban J connectivity index is 1.87. The Hall–Kier alpha value is -2.02. The van der Waals surface area contributed by atoms with Crippen molar-refractivity contribution in [1.82, 2.24) is 9.40 Å². The molecule has 0 aliphatic rings. The van der Waals surface area contributed by atoms with Crippen molar-refractivity contribution in [3.8, 4) is 0 Å². The van der Waals surface area contributed by atoms with Crippen LogP contribution in [-0.2, 0) is 16.6 Å². The molecule has 2 aromatic carbocycles. The zero-order valence-electron chi connectivity index (χ0n) is 13.3. The number of para-hydroxylation sites is 1. The zero-order valence-corrected chi connectivity index (χ0v) is 15.6. The first-order chi connectivity index (χ1) is 11.9. The minimum atomic E-state index is -3.82. The van der Waals surface area contributed by atoms with Crippen molar-refractivity contribution in [1.29, 1.82) is 0 Å². The summed E-state index contributed by atoms with van der Waals surface area (Å²) in [6.45, 7) is 2.85. The maximum absolute atomic E-state index is 12.3. The number of hydrazone groups is 1. The number of hydrogen-bond donors (Lipinski definition) is 1. The molecule has 0 radical (unpaired) electrons. The molecule has 0 spiro atoms. The quantitative estimate of drug-likeness (QED) is 0.517. The van der Waals surface area contributed by atoms with Crippen LogP contribution in [0.5, 0.6) is 0 Å². The van der Waals surface area contributed by atoms with Crippen molar-refractivity contribution in [3.05, 3.63) is 64.3 Å². The van der Waals surface area contributed by atoms with Crippen LogP contribution in [0.3, 0.4) is 0 Å². The molecule has 0 saturated carbocycles. The van der Waals surface area contributed by atoms with Gasteiger partial charge in [0, 0.05) is 29.2 Å². The van der Waals surface area contributed by atoms with Gasteiger partial charge in [-0.25, -0.2) is 4.83 Å². The molecule has 1 aromatic heterocycles. The van der Waals surface area contributed by atoms with Crippen molar-refractivity contribution < 1.29 is 8.42 Å². The molecule has 0 aliphatic carbocycles. The highest BCUT2D eigenvalue weighted by atomic mass is 35.5. The number of nitrogens with one attached hydrogen (secondary N) is 1. The van der Waals surface area contributed by atoms with Crippen LogP contribution in [0.2, 0.25) is 10.0 Å². The summed E-state index contributed by atoms with van der Waals surface area (Å²) in [7, 11) is -3.82. The second-order valence-electron chi connectivity index (χ2n) is 5.32.